The van der Waals surface area contributed by atoms with Gasteiger partial charge in [0, 0.05) is 11.8 Å². The van der Waals surface area contributed by atoms with Gasteiger partial charge in [-0.1, -0.05) is 41.9 Å². The molecule has 0 saturated carbocycles. The van der Waals surface area contributed by atoms with Crippen LogP contribution in [0.3, 0.4) is 0 Å². The molecule has 0 fully saturated rings. The van der Waals surface area contributed by atoms with E-state index in [4.69, 9.17) is 16.6 Å². The van der Waals surface area contributed by atoms with Crippen molar-refractivity contribution in [1.29, 1.82) is 5.26 Å². The van der Waals surface area contributed by atoms with Crippen molar-refractivity contribution >= 4 is 23.4 Å². The first kappa shape index (κ1) is 19.7. The van der Waals surface area contributed by atoms with Crippen molar-refractivity contribution in [2.75, 3.05) is 0 Å². The minimum absolute atomic E-state index is 0.128. The number of hydrogen-bond acceptors (Lipinski definition) is 4. The second-order valence-corrected chi connectivity index (χ2v) is 7.92. The van der Waals surface area contributed by atoms with E-state index in [1.807, 2.05) is 30.3 Å². The molecule has 0 atom stereocenters. The van der Waals surface area contributed by atoms with Crippen LogP contribution in [-0.4, -0.2) is 9.97 Å². The van der Waals surface area contributed by atoms with Gasteiger partial charge in [-0.2, -0.15) is 18.4 Å². The Bertz CT molecular complexity index is 1120. The molecule has 0 radical (unpaired) electrons. The molecular formula is C21H13ClF3N3S. The van der Waals surface area contributed by atoms with Gasteiger partial charge in [0.15, 0.2) is 0 Å². The zero-order chi connectivity index (χ0) is 20.6. The SMILES string of the molecule is N#Cc1c(Sc2ncc(C(F)(F)F)cc2Cl)nc(-c2ccccc2)c2c1CCC2. The van der Waals surface area contributed by atoms with Gasteiger partial charge in [0.2, 0.25) is 0 Å². The number of rotatable bonds is 3. The Balaban J connectivity index is 1.82. The summed E-state index contributed by atoms with van der Waals surface area (Å²) in [5, 5.41) is 10.2. The van der Waals surface area contributed by atoms with E-state index in [9.17, 15) is 18.4 Å². The van der Waals surface area contributed by atoms with E-state index in [0.29, 0.717) is 10.6 Å². The summed E-state index contributed by atoms with van der Waals surface area (Å²) in [5.41, 5.74) is 3.26. The largest absolute Gasteiger partial charge is 0.417 e. The van der Waals surface area contributed by atoms with E-state index in [-0.39, 0.29) is 10.0 Å². The Hall–Kier alpha value is -2.56. The average Bonchev–Trinajstić information content (AvgIpc) is 3.18. The third-order valence-electron chi connectivity index (χ3n) is 4.72. The van der Waals surface area contributed by atoms with Crippen LogP contribution < -0.4 is 0 Å². The number of fused-ring (bicyclic) bond motifs is 1. The first-order chi connectivity index (χ1) is 13.9. The van der Waals surface area contributed by atoms with Crippen LogP contribution in [0.25, 0.3) is 11.3 Å². The van der Waals surface area contributed by atoms with E-state index in [2.05, 4.69) is 11.1 Å². The standard InChI is InChI=1S/C21H13ClF3N3S/c22-17-9-13(21(23,24)25)11-27-20(17)29-19-16(10-26)14-7-4-8-15(14)18(28-19)12-5-2-1-3-6-12/h1-3,5-6,9,11H,4,7-8H2. The van der Waals surface area contributed by atoms with Gasteiger partial charge in [0.1, 0.15) is 16.1 Å². The Morgan fingerprint density at radius 1 is 1.07 bits per heavy atom. The summed E-state index contributed by atoms with van der Waals surface area (Å²) >= 11 is 7.08. The lowest BCUT2D eigenvalue weighted by Crippen LogP contribution is -2.06. The highest BCUT2D eigenvalue weighted by Gasteiger charge is 2.32. The lowest BCUT2D eigenvalue weighted by molar-refractivity contribution is -0.137. The molecule has 0 aliphatic heterocycles. The molecule has 2 heterocycles. The molecule has 29 heavy (non-hydrogen) atoms. The predicted molar refractivity (Wildman–Crippen MR) is 105 cm³/mol. The quantitative estimate of drug-likeness (QED) is 0.486. The molecule has 1 aliphatic carbocycles. The van der Waals surface area contributed by atoms with Crippen molar-refractivity contribution in [3.8, 4) is 17.3 Å². The molecular weight excluding hydrogens is 419 g/mol. The van der Waals surface area contributed by atoms with Gasteiger partial charge < -0.3 is 0 Å². The van der Waals surface area contributed by atoms with Crippen molar-refractivity contribution in [1.82, 2.24) is 9.97 Å². The summed E-state index contributed by atoms with van der Waals surface area (Å²) in [5.74, 6) is 0. The van der Waals surface area contributed by atoms with Gasteiger partial charge in [-0.25, -0.2) is 9.97 Å². The Labute approximate surface area is 174 Å². The Morgan fingerprint density at radius 2 is 1.79 bits per heavy atom. The first-order valence-electron chi connectivity index (χ1n) is 8.80. The summed E-state index contributed by atoms with van der Waals surface area (Å²) in [6, 6.07) is 12.7. The second-order valence-electron chi connectivity index (χ2n) is 6.54. The smallest absolute Gasteiger partial charge is 0.247 e. The number of nitriles is 1. The highest BCUT2D eigenvalue weighted by Crippen LogP contribution is 2.41. The van der Waals surface area contributed by atoms with Crippen LogP contribution >= 0.6 is 23.4 Å². The fourth-order valence-corrected chi connectivity index (χ4v) is 4.54. The Morgan fingerprint density at radius 3 is 2.45 bits per heavy atom. The fraction of sp³-hybridized carbons (Fsp3) is 0.190. The zero-order valence-electron chi connectivity index (χ0n) is 14.9. The van der Waals surface area contributed by atoms with E-state index in [0.717, 1.165) is 65.7 Å². The number of nitrogens with zero attached hydrogens (tertiary/aromatic N) is 3. The third kappa shape index (κ3) is 3.83. The second kappa shape index (κ2) is 7.69. The summed E-state index contributed by atoms with van der Waals surface area (Å²) in [4.78, 5) is 8.59. The summed E-state index contributed by atoms with van der Waals surface area (Å²) in [6.45, 7) is 0. The van der Waals surface area contributed by atoms with Crippen molar-refractivity contribution in [3.05, 3.63) is 69.9 Å². The normalized spacial score (nSPS) is 13.2. The molecule has 0 bridgehead atoms. The molecule has 4 rings (SSSR count). The highest BCUT2D eigenvalue weighted by molar-refractivity contribution is 7.99. The van der Waals surface area contributed by atoms with Crippen LogP contribution in [0.1, 0.15) is 28.7 Å². The third-order valence-corrected chi connectivity index (χ3v) is 6.13. The van der Waals surface area contributed by atoms with Crippen LogP contribution in [0.4, 0.5) is 13.2 Å². The topological polar surface area (TPSA) is 49.6 Å². The van der Waals surface area contributed by atoms with Crippen LogP contribution in [-0.2, 0) is 19.0 Å². The molecule has 2 aromatic heterocycles. The van der Waals surface area contributed by atoms with Crippen LogP contribution in [0.2, 0.25) is 5.02 Å². The molecule has 3 nitrogen and oxygen atoms in total. The van der Waals surface area contributed by atoms with Crippen molar-refractivity contribution < 1.29 is 13.2 Å². The molecule has 0 spiro atoms. The number of pyridine rings is 2. The van der Waals surface area contributed by atoms with E-state index >= 15 is 0 Å². The number of aromatic nitrogens is 2. The molecule has 146 valence electrons. The van der Waals surface area contributed by atoms with Gasteiger partial charge in [-0.05, 0) is 48.2 Å². The monoisotopic (exact) mass is 431 g/mol. The molecule has 1 aromatic carbocycles. The fourth-order valence-electron chi connectivity index (χ4n) is 3.41. The summed E-state index contributed by atoms with van der Waals surface area (Å²) < 4.78 is 38.6. The van der Waals surface area contributed by atoms with Crippen LogP contribution in [0.15, 0.2) is 52.6 Å². The molecule has 0 unspecified atom stereocenters. The van der Waals surface area contributed by atoms with Crippen molar-refractivity contribution in [3.63, 3.8) is 0 Å². The first-order valence-corrected chi connectivity index (χ1v) is 10.00. The minimum Gasteiger partial charge on any atom is -0.247 e. The summed E-state index contributed by atoms with van der Waals surface area (Å²) in [7, 11) is 0. The molecule has 0 saturated heterocycles. The van der Waals surface area contributed by atoms with Crippen LogP contribution in [0.5, 0.6) is 0 Å². The van der Waals surface area contributed by atoms with Crippen LogP contribution in [0, 0.1) is 11.3 Å². The maximum Gasteiger partial charge on any atom is 0.417 e. The molecule has 0 N–H and O–H groups in total. The van der Waals surface area contributed by atoms with E-state index in [1.165, 1.54) is 0 Å². The molecule has 1 aliphatic rings. The number of halogens is 4. The lowest BCUT2D eigenvalue weighted by atomic mass is 10.00. The maximum absolute atomic E-state index is 12.9. The van der Waals surface area contributed by atoms with Gasteiger partial charge in [-0.3, -0.25) is 0 Å². The maximum atomic E-state index is 12.9. The van der Waals surface area contributed by atoms with Gasteiger partial charge in [0.05, 0.1) is 21.8 Å². The van der Waals surface area contributed by atoms with E-state index in [1.54, 1.807) is 0 Å². The minimum atomic E-state index is -4.52. The van der Waals surface area contributed by atoms with Crippen molar-refractivity contribution in [2.45, 2.75) is 35.5 Å². The zero-order valence-corrected chi connectivity index (χ0v) is 16.5. The average molecular weight is 432 g/mol. The Kier molecular flexibility index (Phi) is 5.24. The number of alkyl halides is 3. The van der Waals surface area contributed by atoms with E-state index < -0.39 is 11.7 Å². The van der Waals surface area contributed by atoms with Gasteiger partial charge >= 0.3 is 6.18 Å². The summed E-state index contributed by atoms with van der Waals surface area (Å²) in [6.07, 6.45) is -1.25. The molecule has 8 heteroatoms. The number of hydrogen-bond donors (Lipinski definition) is 0. The highest BCUT2D eigenvalue weighted by atomic mass is 35.5. The van der Waals surface area contributed by atoms with Gasteiger partial charge in [0.25, 0.3) is 0 Å². The molecule has 3 aromatic rings. The molecule has 0 amide bonds. The van der Waals surface area contributed by atoms with Crippen molar-refractivity contribution in [2.24, 2.45) is 0 Å². The predicted octanol–water partition coefficient (Wildman–Crippen LogP) is 6.33. The van der Waals surface area contributed by atoms with Gasteiger partial charge in [-0.15, -0.1) is 0 Å². The lowest BCUT2D eigenvalue weighted by Gasteiger charge is -2.14. The number of benzene rings is 1.